The number of hydrogen-bond donors (Lipinski definition) is 2. The third-order valence-corrected chi connectivity index (χ3v) is 3.90. The van der Waals surface area contributed by atoms with Crippen LogP contribution in [0.2, 0.25) is 0 Å². The molecule has 8 heteroatoms. The molecule has 27 heavy (non-hydrogen) atoms. The molecule has 0 atom stereocenters. The summed E-state index contributed by atoms with van der Waals surface area (Å²) in [5.41, 5.74) is 2.62. The molecule has 1 heterocycles. The molecule has 2 N–H and O–H groups in total. The molecule has 0 fully saturated rings. The fraction of sp³-hybridized carbons (Fsp3) is 0.211. The molecule has 0 unspecified atom stereocenters. The van der Waals surface area contributed by atoms with Gasteiger partial charge in [0.2, 0.25) is 0 Å². The normalized spacial score (nSPS) is 10.3. The molecule has 3 aromatic rings. The lowest BCUT2D eigenvalue weighted by molar-refractivity contribution is 0.251. The van der Waals surface area contributed by atoms with E-state index in [0.29, 0.717) is 30.3 Å². The Kier molecular flexibility index (Phi) is 5.88. The first-order valence-corrected chi connectivity index (χ1v) is 8.35. The zero-order valence-electron chi connectivity index (χ0n) is 15.2. The van der Waals surface area contributed by atoms with Crippen LogP contribution in [0.25, 0.3) is 0 Å². The number of nitrogens with zero attached hydrogens (tertiary/aromatic N) is 3. The minimum Gasteiger partial charge on any atom is -0.493 e. The van der Waals surface area contributed by atoms with Gasteiger partial charge in [0.25, 0.3) is 0 Å². The molecule has 2 aromatic carbocycles. The van der Waals surface area contributed by atoms with Crippen LogP contribution in [0.5, 0.6) is 11.5 Å². The van der Waals surface area contributed by atoms with Crippen molar-refractivity contribution in [1.29, 1.82) is 0 Å². The highest BCUT2D eigenvalue weighted by atomic mass is 16.5. The van der Waals surface area contributed by atoms with E-state index in [1.54, 1.807) is 31.3 Å². The fourth-order valence-corrected chi connectivity index (χ4v) is 2.60. The summed E-state index contributed by atoms with van der Waals surface area (Å²) in [5.74, 6) is 1.27. The SMILES string of the molecule is COc1ccc(CNC(=O)Nc2cccc(Cn3cncn3)c2)cc1OC. The van der Waals surface area contributed by atoms with E-state index >= 15 is 0 Å². The molecule has 1 aromatic heterocycles. The predicted octanol–water partition coefficient (Wildman–Crippen LogP) is 2.67. The highest BCUT2D eigenvalue weighted by Crippen LogP contribution is 2.27. The minimum atomic E-state index is -0.289. The van der Waals surface area contributed by atoms with Crippen molar-refractivity contribution in [3.05, 3.63) is 66.2 Å². The van der Waals surface area contributed by atoms with Gasteiger partial charge in [-0.3, -0.25) is 0 Å². The van der Waals surface area contributed by atoms with Crippen LogP contribution in [-0.2, 0) is 13.1 Å². The molecule has 8 nitrogen and oxygen atoms in total. The number of aromatic nitrogens is 3. The number of nitrogens with one attached hydrogen (secondary N) is 2. The number of rotatable bonds is 7. The van der Waals surface area contributed by atoms with Crippen LogP contribution in [-0.4, -0.2) is 35.0 Å². The van der Waals surface area contributed by atoms with Gasteiger partial charge in [-0.05, 0) is 35.4 Å². The number of carbonyl (C=O) groups excluding carboxylic acids is 1. The number of carbonyl (C=O) groups is 1. The third-order valence-electron chi connectivity index (χ3n) is 3.90. The third kappa shape index (κ3) is 4.97. The number of amides is 2. The smallest absolute Gasteiger partial charge is 0.319 e. The maximum atomic E-state index is 12.2. The summed E-state index contributed by atoms with van der Waals surface area (Å²) in [5, 5.41) is 9.74. The van der Waals surface area contributed by atoms with E-state index in [0.717, 1.165) is 11.1 Å². The molecule has 0 aliphatic rings. The lowest BCUT2D eigenvalue weighted by atomic mass is 10.2. The average Bonchev–Trinajstić information content (AvgIpc) is 3.19. The molecular formula is C19H21N5O3. The molecule has 3 rings (SSSR count). The Hall–Kier alpha value is -3.55. The number of ether oxygens (including phenoxy) is 2. The van der Waals surface area contributed by atoms with E-state index in [9.17, 15) is 4.79 Å². The Labute approximate surface area is 157 Å². The number of benzene rings is 2. The van der Waals surface area contributed by atoms with Crippen molar-refractivity contribution in [2.45, 2.75) is 13.1 Å². The molecule has 0 aliphatic heterocycles. The Morgan fingerprint density at radius 3 is 2.67 bits per heavy atom. The van der Waals surface area contributed by atoms with Gasteiger partial charge in [0.05, 0.1) is 20.8 Å². The van der Waals surface area contributed by atoms with Gasteiger partial charge in [-0.1, -0.05) is 18.2 Å². The van der Waals surface area contributed by atoms with Gasteiger partial charge >= 0.3 is 6.03 Å². The fourth-order valence-electron chi connectivity index (χ4n) is 2.60. The first kappa shape index (κ1) is 18.2. The van der Waals surface area contributed by atoms with Crippen molar-refractivity contribution >= 4 is 11.7 Å². The maximum absolute atomic E-state index is 12.2. The Balaban J connectivity index is 1.56. The summed E-state index contributed by atoms with van der Waals surface area (Å²) in [6, 6.07) is 12.8. The summed E-state index contributed by atoms with van der Waals surface area (Å²) in [6.45, 7) is 0.952. The van der Waals surface area contributed by atoms with Gasteiger partial charge in [0.15, 0.2) is 11.5 Å². The number of urea groups is 1. The Morgan fingerprint density at radius 1 is 1.07 bits per heavy atom. The molecule has 0 spiro atoms. The summed E-state index contributed by atoms with van der Waals surface area (Å²) in [6.07, 6.45) is 3.14. The Bertz CT molecular complexity index is 896. The highest BCUT2D eigenvalue weighted by Gasteiger charge is 2.07. The molecule has 0 saturated heterocycles. The molecular weight excluding hydrogens is 346 g/mol. The number of hydrogen-bond acceptors (Lipinski definition) is 5. The second kappa shape index (κ2) is 8.70. The highest BCUT2D eigenvalue weighted by molar-refractivity contribution is 5.89. The van der Waals surface area contributed by atoms with E-state index in [-0.39, 0.29) is 6.03 Å². The maximum Gasteiger partial charge on any atom is 0.319 e. The molecule has 2 amide bonds. The molecule has 140 valence electrons. The second-order valence-electron chi connectivity index (χ2n) is 5.79. The standard InChI is InChI=1S/C19H21N5O3/c1-26-17-7-6-14(9-18(17)27-2)10-21-19(25)23-16-5-3-4-15(8-16)11-24-13-20-12-22-24/h3-9,12-13H,10-11H2,1-2H3,(H2,21,23,25). The van der Waals surface area contributed by atoms with Gasteiger partial charge < -0.3 is 20.1 Å². The van der Waals surface area contributed by atoms with Crippen molar-refractivity contribution in [3.8, 4) is 11.5 Å². The van der Waals surface area contributed by atoms with Gasteiger partial charge in [0, 0.05) is 12.2 Å². The summed E-state index contributed by atoms with van der Waals surface area (Å²) in [7, 11) is 3.16. The average molecular weight is 367 g/mol. The zero-order chi connectivity index (χ0) is 19.1. The summed E-state index contributed by atoms with van der Waals surface area (Å²) < 4.78 is 12.2. The molecule has 0 saturated carbocycles. The van der Waals surface area contributed by atoms with Crippen molar-refractivity contribution in [2.75, 3.05) is 19.5 Å². The molecule has 0 radical (unpaired) electrons. The predicted molar refractivity (Wildman–Crippen MR) is 101 cm³/mol. The molecule has 0 aliphatic carbocycles. The van der Waals surface area contributed by atoms with E-state index in [1.165, 1.54) is 6.33 Å². The van der Waals surface area contributed by atoms with Crippen LogP contribution in [0.15, 0.2) is 55.1 Å². The quantitative estimate of drug-likeness (QED) is 0.670. The Morgan fingerprint density at radius 2 is 1.93 bits per heavy atom. The van der Waals surface area contributed by atoms with Crippen molar-refractivity contribution < 1.29 is 14.3 Å². The van der Waals surface area contributed by atoms with Gasteiger partial charge in [-0.15, -0.1) is 0 Å². The van der Waals surface area contributed by atoms with Gasteiger partial charge in [-0.2, -0.15) is 5.10 Å². The van der Waals surface area contributed by atoms with Crippen LogP contribution >= 0.6 is 0 Å². The monoisotopic (exact) mass is 367 g/mol. The van der Waals surface area contributed by atoms with E-state index in [2.05, 4.69) is 20.7 Å². The van der Waals surface area contributed by atoms with Crippen LogP contribution in [0, 0.1) is 0 Å². The van der Waals surface area contributed by atoms with Crippen LogP contribution in [0.4, 0.5) is 10.5 Å². The van der Waals surface area contributed by atoms with Gasteiger partial charge in [-0.25, -0.2) is 14.5 Å². The second-order valence-corrected chi connectivity index (χ2v) is 5.79. The first-order valence-electron chi connectivity index (χ1n) is 8.35. The zero-order valence-corrected chi connectivity index (χ0v) is 15.2. The van der Waals surface area contributed by atoms with E-state index in [4.69, 9.17) is 9.47 Å². The van der Waals surface area contributed by atoms with Crippen LogP contribution in [0.1, 0.15) is 11.1 Å². The lowest BCUT2D eigenvalue weighted by Gasteiger charge is -2.11. The van der Waals surface area contributed by atoms with Crippen molar-refractivity contribution in [3.63, 3.8) is 0 Å². The van der Waals surface area contributed by atoms with E-state index < -0.39 is 0 Å². The number of methoxy groups -OCH3 is 2. The largest absolute Gasteiger partial charge is 0.493 e. The number of anilines is 1. The van der Waals surface area contributed by atoms with Crippen molar-refractivity contribution in [2.24, 2.45) is 0 Å². The minimum absolute atomic E-state index is 0.289. The van der Waals surface area contributed by atoms with Crippen LogP contribution < -0.4 is 20.1 Å². The topological polar surface area (TPSA) is 90.3 Å². The summed E-state index contributed by atoms with van der Waals surface area (Å²) >= 11 is 0. The van der Waals surface area contributed by atoms with E-state index in [1.807, 2.05) is 36.4 Å². The van der Waals surface area contributed by atoms with Crippen molar-refractivity contribution in [1.82, 2.24) is 20.1 Å². The first-order chi connectivity index (χ1) is 13.2. The molecule has 0 bridgehead atoms. The lowest BCUT2D eigenvalue weighted by Crippen LogP contribution is -2.28. The van der Waals surface area contributed by atoms with Gasteiger partial charge in [0.1, 0.15) is 12.7 Å². The van der Waals surface area contributed by atoms with Crippen LogP contribution in [0.3, 0.4) is 0 Å². The summed E-state index contributed by atoms with van der Waals surface area (Å²) in [4.78, 5) is 16.1.